The van der Waals surface area contributed by atoms with Crippen LogP contribution in [0.3, 0.4) is 0 Å². The number of nitrogens with zero attached hydrogens (tertiary/aromatic N) is 6. The molecule has 0 aliphatic carbocycles. The summed E-state index contributed by atoms with van der Waals surface area (Å²) in [5, 5.41) is 11.2. The fourth-order valence-electron chi connectivity index (χ4n) is 4.05. The zero-order valence-electron chi connectivity index (χ0n) is 16.3. The summed E-state index contributed by atoms with van der Waals surface area (Å²) in [7, 11) is 0. The standard InChI is InChI=1S/C20H25N7O2/c1-2-4-15(5-3-1)13-26-7-6-16(14-26)12-21-19-20(27-8-10-28-11-9-27)23-18-17(22-19)24-29-25-18/h1-5,16H,6-14H2,(H,21,22,24). The minimum Gasteiger partial charge on any atom is -0.378 e. The van der Waals surface area contributed by atoms with Gasteiger partial charge in [-0.3, -0.25) is 4.90 Å². The quantitative estimate of drug-likeness (QED) is 0.670. The summed E-state index contributed by atoms with van der Waals surface area (Å²) in [6.45, 7) is 7.01. The number of morpholine rings is 1. The monoisotopic (exact) mass is 395 g/mol. The van der Waals surface area contributed by atoms with Crippen molar-refractivity contribution in [3.05, 3.63) is 35.9 Å². The summed E-state index contributed by atoms with van der Waals surface area (Å²) in [6.07, 6.45) is 1.17. The highest BCUT2D eigenvalue weighted by Gasteiger charge is 2.25. The summed E-state index contributed by atoms with van der Waals surface area (Å²) < 4.78 is 10.3. The van der Waals surface area contributed by atoms with Gasteiger partial charge in [-0.15, -0.1) is 0 Å². The Bertz CT molecular complexity index is 942. The van der Waals surface area contributed by atoms with Gasteiger partial charge in [-0.05, 0) is 34.8 Å². The van der Waals surface area contributed by atoms with Crippen molar-refractivity contribution in [3.63, 3.8) is 0 Å². The van der Waals surface area contributed by atoms with E-state index in [4.69, 9.17) is 9.37 Å². The normalized spacial score (nSPS) is 20.4. The van der Waals surface area contributed by atoms with Crippen LogP contribution >= 0.6 is 0 Å². The molecule has 0 spiro atoms. The van der Waals surface area contributed by atoms with E-state index in [1.165, 1.54) is 12.0 Å². The lowest BCUT2D eigenvalue weighted by Gasteiger charge is -2.29. The lowest BCUT2D eigenvalue weighted by Crippen LogP contribution is -2.37. The molecule has 1 atom stereocenters. The zero-order valence-corrected chi connectivity index (χ0v) is 16.3. The number of rotatable bonds is 6. The number of anilines is 2. The molecule has 0 saturated carbocycles. The number of ether oxygens (including phenoxy) is 1. The van der Waals surface area contributed by atoms with Crippen LogP contribution in [-0.2, 0) is 11.3 Å². The third-order valence-electron chi connectivity index (χ3n) is 5.58. The number of fused-ring (bicyclic) bond motifs is 1. The molecule has 9 heteroatoms. The topological polar surface area (TPSA) is 92.4 Å². The summed E-state index contributed by atoms with van der Waals surface area (Å²) in [5.41, 5.74) is 2.24. The average Bonchev–Trinajstić information content (AvgIpc) is 3.41. The van der Waals surface area contributed by atoms with Gasteiger partial charge in [-0.2, -0.15) is 0 Å². The Morgan fingerprint density at radius 1 is 1.00 bits per heavy atom. The minimum atomic E-state index is 0.432. The molecule has 29 heavy (non-hydrogen) atoms. The Hall–Kier alpha value is -2.78. The van der Waals surface area contributed by atoms with E-state index < -0.39 is 0 Å². The van der Waals surface area contributed by atoms with Gasteiger partial charge in [0.05, 0.1) is 13.2 Å². The Morgan fingerprint density at radius 3 is 2.62 bits per heavy atom. The number of nitrogens with one attached hydrogen (secondary N) is 1. The summed E-state index contributed by atoms with van der Waals surface area (Å²) in [6, 6.07) is 10.7. The Balaban J connectivity index is 1.25. The average molecular weight is 395 g/mol. The van der Waals surface area contributed by atoms with E-state index in [-0.39, 0.29) is 0 Å². The van der Waals surface area contributed by atoms with Crippen LogP contribution in [0.5, 0.6) is 0 Å². The van der Waals surface area contributed by atoms with E-state index in [1.54, 1.807) is 0 Å². The first-order valence-corrected chi connectivity index (χ1v) is 10.2. The minimum absolute atomic E-state index is 0.432. The Labute approximate surface area is 169 Å². The maximum Gasteiger partial charge on any atom is 0.245 e. The molecule has 4 heterocycles. The molecular formula is C20H25N7O2. The van der Waals surface area contributed by atoms with E-state index >= 15 is 0 Å². The third-order valence-corrected chi connectivity index (χ3v) is 5.58. The highest BCUT2D eigenvalue weighted by Crippen LogP contribution is 2.26. The van der Waals surface area contributed by atoms with Crippen molar-refractivity contribution in [2.75, 3.05) is 56.2 Å². The molecule has 2 saturated heterocycles. The molecule has 1 N–H and O–H groups in total. The van der Waals surface area contributed by atoms with Crippen LogP contribution in [0.1, 0.15) is 12.0 Å². The van der Waals surface area contributed by atoms with Gasteiger partial charge in [-0.25, -0.2) is 14.6 Å². The molecule has 1 unspecified atom stereocenters. The van der Waals surface area contributed by atoms with Crippen LogP contribution < -0.4 is 10.2 Å². The van der Waals surface area contributed by atoms with Gasteiger partial charge in [0.2, 0.25) is 11.3 Å². The lowest BCUT2D eigenvalue weighted by atomic mass is 10.1. The highest BCUT2D eigenvalue weighted by atomic mass is 16.6. The fraction of sp³-hybridized carbons (Fsp3) is 0.500. The van der Waals surface area contributed by atoms with Gasteiger partial charge in [-0.1, -0.05) is 30.3 Å². The molecule has 0 bridgehead atoms. The van der Waals surface area contributed by atoms with Crippen LogP contribution in [0, 0.1) is 5.92 Å². The van der Waals surface area contributed by atoms with Crippen LogP contribution in [0.4, 0.5) is 11.6 Å². The predicted octanol–water partition coefficient (Wildman–Crippen LogP) is 1.78. The van der Waals surface area contributed by atoms with E-state index in [2.05, 4.69) is 65.7 Å². The molecule has 3 aromatic rings. The van der Waals surface area contributed by atoms with Gasteiger partial charge in [0.15, 0.2) is 11.6 Å². The SMILES string of the molecule is c1ccc(CN2CCC(CNc3nc4nonc4nc3N3CCOCC3)C2)cc1. The molecule has 2 aromatic heterocycles. The summed E-state index contributed by atoms with van der Waals surface area (Å²) in [4.78, 5) is 14.0. The molecule has 2 fully saturated rings. The predicted molar refractivity (Wildman–Crippen MR) is 109 cm³/mol. The number of hydrogen-bond acceptors (Lipinski definition) is 9. The molecule has 2 aliphatic heterocycles. The van der Waals surface area contributed by atoms with Gasteiger partial charge in [0, 0.05) is 32.7 Å². The van der Waals surface area contributed by atoms with Crippen molar-refractivity contribution in [2.24, 2.45) is 5.92 Å². The second-order valence-corrected chi connectivity index (χ2v) is 7.66. The second kappa shape index (κ2) is 8.30. The van der Waals surface area contributed by atoms with Gasteiger partial charge in [0.1, 0.15) is 0 Å². The van der Waals surface area contributed by atoms with E-state index in [1.807, 2.05) is 0 Å². The number of hydrogen-bond donors (Lipinski definition) is 1. The van der Waals surface area contributed by atoms with E-state index in [9.17, 15) is 0 Å². The molecule has 9 nitrogen and oxygen atoms in total. The Morgan fingerprint density at radius 2 is 1.79 bits per heavy atom. The van der Waals surface area contributed by atoms with Gasteiger partial charge < -0.3 is 15.0 Å². The molecular weight excluding hydrogens is 370 g/mol. The van der Waals surface area contributed by atoms with Gasteiger partial charge in [0.25, 0.3) is 0 Å². The van der Waals surface area contributed by atoms with Crippen molar-refractivity contribution in [3.8, 4) is 0 Å². The first-order valence-electron chi connectivity index (χ1n) is 10.2. The molecule has 5 rings (SSSR count). The van der Waals surface area contributed by atoms with Gasteiger partial charge >= 0.3 is 0 Å². The lowest BCUT2D eigenvalue weighted by molar-refractivity contribution is 0.122. The van der Waals surface area contributed by atoms with Crippen LogP contribution in [-0.4, -0.2) is 71.1 Å². The van der Waals surface area contributed by atoms with Crippen LogP contribution in [0.15, 0.2) is 35.0 Å². The highest BCUT2D eigenvalue weighted by molar-refractivity contribution is 5.74. The molecule has 0 radical (unpaired) electrons. The first kappa shape index (κ1) is 18.3. The first-order chi connectivity index (χ1) is 14.3. The molecule has 1 aromatic carbocycles. The maximum atomic E-state index is 5.47. The van der Waals surface area contributed by atoms with Crippen LogP contribution in [0.25, 0.3) is 11.3 Å². The molecule has 2 aliphatic rings. The van der Waals surface area contributed by atoms with E-state index in [0.717, 1.165) is 50.9 Å². The summed E-state index contributed by atoms with van der Waals surface area (Å²) in [5.74, 6) is 2.12. The Kier molecular flexibility index (Phi) is 5.23. The third kappa shape index (κ3) is 4.15. The smallest absolute Gasteiger partial charge is 0.245 e. The van der Waals surface area contributed by atoms with Crippen LogP contribution in [0.2, 0.25) is 0 Å². The molecule has 152 valence electrons. The second-order valence-electron chi connectivity index (χ2n) is 7.66. The fourth-order valence-corrected chi connectivity index (χ4v) is 4.05. The number of benzene rings is 1. The summed E-state index contributed by atoms with van der Waals surface area (Å²) >= 11 is 0. The largest absolute Gasteiger partial charge is 0.378 e. The van der Waals surface area contributed by atoms with E-state index in [0.29, 0.717) is 30.4 Å². The van der Waals surface area contributed by atoms with Crippen molar-refractivity contribution >= 4 is 22.9 Å². The maximum absolute atomic E-state index is 5.47. The van der Waals surface area contributed by atoms with Crippen molar-refractivity contribution < 1.29 is 9.37 Å². The van der Waals surface area contributed by atoms with Crippen molar-refractivity contribution in [2.45, 2.75) is 13.0 Å². The van der Waals surface area contributed by atoms with Crippen molar-refractivity contribution in [1.82, 2.24) is 25.2 Å². The number of likely N-dealkylation sites (tertiary alicyclic amines) is 1. The number of aromatic nitrogens is 4. The zero-order chi connectivity index (χ0) is 19.5. The van der Waals surface area contributed by atoms with Crippen molar-refractivity contribution in [1.29, 1.82) is 0 Å². The molecule has 0 amide bonds.